The lowest BCUT2D eigenvalue weighted by Gasteiger charge is -2.31. The topological polar surface area (TPSA) is 114 Å². The number of rotatable bonds is 11. The quantitative estimate of drug-likeness (QED) is 0.157. The van der Waals surface area contributed by atoms with Gasteiger partial charge in [0.25, 0.3) is 5.91 Å². The van der Waals surface area contributed by atoms with Crippen LogP contribution in [-0.2, 0) is 18.6 Å². The van der Waals surface area contributed by atoms with Crippen LogP contribution in [0.5, 0.6) is 5.75 Å². The fourth-order valence-electron chi connectivity index (χ4n) is 4.24. The maximum Gasteiger partial charge on any atom is 0.424 e. The van der Waals surface area contributed by atoms with Crippen molar-refractivity contribution in [3.8, 4) is 17.0 Å². The molecule has 4 aromatic rings. The summed E-state index contributed by atoms with van der Waals surface area (Å²) in [5.41, 5.74) is -3.07. The van der Waals surface area contributed by atoms with Crippen LogP contribution in [0.1, 0.15) is 46.9 Å². The summed E-state index contributed by atoms with van der Waals surface area (Å²) in [6.07, 6.45) is -4.36. The highest BCUT2D eigenvalue weighted by Crippen LogP contribution is 2.42. The van der Waals surface area contributed by atoms with Crippen molar-refractivity contribution in [2.24, 2.45) is 5.18 Å². The number of aliphatic hydroxyl groups is 1. The molecule has 2 aromatic heterocycles. The molecular formula is C28H26F4N4O4S. The van der Waals surface area contributed by atoms with E-state index in [0.717, 1.165) is 29.5 Å². The molecular weight excluding hydrogens is 564 g/mol. The van der Waals surface area contributed by atoms with E-state index in [2.05, 4.69) is 20.5 Å². The molecule has 4 rings (SSSR count). The zero-order valence-electron chi connectivity index (χ0n) is 22.1. The molecule has 0 aliphatic heterocycles. The first-order valence-corrected chi connectivity index (χ1v) is 13.5. The predicted octanol–water partition coefficient (Wildman–Crippen LogP) is 6.29. The van der Waals surface area contributed by atoms with E-state index in [-0.39, 0.29) is 30.2 Å². The zero-order chi connectivity index (χ0) is 29.8. The number of halogens is 4. The van der Waals surface area contributed by atoms with Crippen LogP contribution in [-0.4, -0.2) is 40.3 Å². The summed E-state index contributed by atoms with van der Waals surface area (Å²) in [4.78, 5) is 31.8. The van der Waals surface area contributed by atoms with Crippen molar-refractivity contribution in [3.63, 3.8) is 0 Å². The summed E-state index contributed by atoms with van der Waals surface area (Å²) in [6.45, 7) is 2.37. The second-order valence-corrected chi connectivity index (χ2v) is 10.3. The number of fused-ring (bicyclic) bond motifs is 1. The van der Waals surface area contributed by atoms with Gasteiger partial charge in [-0.05, 0) is 67.4 Å². The van der Waals surface area contributed by atoms with Crippen molar-refractivity contribution < 1.29 is 32.2 Å². The Morgan fingerprint density at radius 1 is 1.10 bits per heavy atom. The molecule has 0 bridgehead atoms. The number of benzene rings is 2. The number of thiazole rings is 1. The summed E-state index contributed by atoms with van der Waals surface area (Å²) in [5.74, 6) is -1.17. The first-order valence-electron chi connectivity index (χ1n) is 12.7. The molecule has 0 radical (unpaired) electrons. The van der Waals surface area contributed by atoms with Gasteiger partial charge in [0.1, 0.15) is 28.8 Å². The van der Waals surface area contributed by atoms with Gasteiger partial charge in [0, 0.05) is 11.1 Å². The molecule has 1 amide bonds. The van der Waals surface area contributed by atoms with Crippen molar-refractivity contribution in [2.45, 2.75) is 45.0 Å². The van der Waals surface area contributed by atoms with Gasteiger partial charge in [0.15, 0.2) is 0 Å². The van der Waals surface area contributed by atoms with Gasteiger partial charge in [-0.1, -0.05) is 18.5 Å². The molecule has 41 heavy (non-hydrogen) atoms. The maximum absolute atomic E-state index is 14.5. The number of ether oxygens (including phenoxy) is 1. The molecule has 0 fully saturated rings. The van der Waals surface area contributed by atoms with Crippen LogP contribution in [0, 0.1) is 10.7 Å². The minimum absolute atomic E-state index is 0.0121. The Morgan fingerprint density at radius 3 is 2.46 bits per heavy atom. The highest BCUT2D eigenvalue weighted by molar-refractivity contribution is 7.18. The minimum Gasteiger partial charge on any atom is -0.491 e. The zero-order valence-corrected chi connectivity index (χ0v) is 22.9. The molecule has 0 unspecified atom stereocenters. The summed E-state index contributed by atoms with van der Waals surface area (Å²) in [7, 11) is 0. The van der Waals surface area contributed by atoms with Gasteiger partial charge in [-0.2, -0.15) is 18.1 Å². The maximum atomic E-state index is 14.5. The number of carbonyl (C=O) groups is 1. The van der Waals surface area contributed by atoms with Crippen LogP contribution in [0.2, 0.25) is 0 Å². The van der Waals surface area contributed by atoms with Gasteiger partial charge in [0.05, 0.1) is 29.1 Å². The van der Waals surface area contributed by atoms with Crippen molar-refractivity contribution in [3.05, 3.63) is 81.1 Å². The standard InChI is InChI=1S/C28H26F4N4O4S/c1-3-5-17-13-22(36-24(25(17)40-4-2)16-6-9-19(29)10-7-16)27(38,28(30,31)32)15-33-26(37)18-8-11-20-21(12-18)41-23(35-20)14-34-39/h6-13,38H,3-5,14-15H2,1-2H3,(H,33,37)/t27-/m0/s1. The fraction of sp³-hybridized carbons (Fsp3) is 0.321. The first kappa shape index (κ1) is 30.0. The minimum atomic E-state index is -5.23. The van der Waals surface area contributed by atoms with E-state index >= 15 is 0 Å². The monoisotopic (exact) mass is 590 g/mol. The van der Waals surface area contributed by atoms with E-state index in [1.807, 2.05) is 6.92 Å². The Bertz CT molecular complexity index is 1560. The van der Waals surface area contributed by atoms with E-state index in [4.69, 9.17) is 4.74 Å². The average Bonchev–Trinajstić information content (AvgIpc) is 3.34. The van der Waals surface area contributed by atoms with Gasteiger partial charge in [0.2, 0.25) is 5.60 Å². The summed E-state index contributed by atoms with van der Waals surface area (Å²) >= 11 is 1.13. The number of hydrogen-bond donors (Lipinski definition) is 2. The Balaban J connectivity index is 1.73. The average molecular weight is 591 g/mol. The van der Waals surface area contributed by atoms with Crippen LogP contribution < -0.4 is 10.1 Å². The van der Waals surface area contributed by atoms with Gasteiger partial charge in [-0.15, -0.1) is 11.3 Å². The fourth-order valence-corrected chi connectivity index (χ4v) is 5.16. The van der Waals surface area contributed by atoms with Crippen LogP contribution in [0.3, 0.4) is 0 Å². The molecule has 0 aliphatic carbocycles. The lowest BCUT2D eigenvalue weighted by molar-refractivity contribution is -0.265. The molecule has 2 N–H and O–H groups in total. The number of alkyl halides is 3. The van der Waals surface area contributed by atoms with Crippen molar-refractivity contribution in [1.29, 1.82) is 0 Å². The number of pyridine rings is 1. The number of aromatic nitrogens is 2. The molecule has 13 heteroatoms. The summed E-state index contributed by atoms with van der Waals surface area (Å²) in [5, 5.41) is 16.5. The first-order chi connectivity index (χ1) is 19.5. The molecule has 8 nitrogen and oxygen atoms in total. The van der Waals surface area contributed by atoms with Crippen molar-refractivity contribution in [1.82, 2.24) is 15.3 Å². The Labute approximate surface area is 236 Å². The van der Waals surface area contributed by atoms with Crippen LogP contribution in [0.25, 0.3) is 21.5 Å². The third kappa shape index (κ3) is 6.35. The third-order valence-corrected chi connectivity index (χ3v) is 7.27. The number of nitrogens with zero attached hydrogens (tertiary/aromatic N) is 3. The van der Waals surface area contributed by atoms with Gasteiger partial charge >= 0.3 is 6.18 Å². The number of nitroso groups, excluding NO2 is 1. The Morgan fingerprint density at radius 2 is 1.83 bits per heavy atom. The normalized spacial score (nSPS) is 13.1. The Hall–Kier alpha value is -3.97. The highest BCUT2D eigenvalue weighted by atomic mass is 32.1. The predicted molar refractivity (Wildman–Crippen MR) is 146 cm³/mol. The second-order valence-electron chi connectivity index (χ2n) is 9.15. The Kier molecular flexibility index (Phi) is 8.98. The molecule has 216 valence electrons. The third-order valence-electron chi connectivity index (χ3n) is 6.27. The number of carbonyl (C=O) groups excluding carboxylic acids is 1. The lowest BCUT2D eigenvalue weighted by atomic mass is 9.93. The number of nitrogens with one attached hydrogen (secondary N) is 1. The van der Waals surface area contributed by atoms with E-state index in [9.17, 15) is 32.4 Å². The highest BCUT2D eigenvalue weighted by Gasteiger charge is 2.56. The summed E-state index contributed by atoms with van der Waals surface area (Å²) in [6, 6.07) is 10.5. The van der Waals surface area contributed by atoms with E-state index < -0.39 is 35.7 Å². The van der Waals surface area contributed by atoms with Gasteiger partial charge < -0.3 is 15.2 Å². The summed E-state index contributed by atoms with van der Waals surface area (Å²) < 4.78 is 63.5. The molecule has 2 aromatic carbocycles. The van der Waals surface area contributed by atoms with Crippen LogP contribution in [0.4, 0.5) is 17.6 Å². The lowest BCUT2D eigenvalue weighted by Crippen LogP contribution is -2.51. The van der Waals surface area contributed by atoms with Crippen LogP contribution in [0.15, 0.2) is 53.7 Å². The second kappa shape index (κ2) is 12.3. The van der Waals surface area contributed by atoms with Crippen molar-refractivity contribution >= 4 is 27.5 Å². The molecule has 1 atom stereocenters. The molecule has 0 spiro atoms. The molecule has 2 heterocycles. The van der Waals surface area contributed by atoms with E-state index in [0.29, 0.717) is 39.2 Å². The van der Waals surface area contributed by atoms with Crippen LogP contribution >= 0.6 is 11.3 Å². The number of hydrogen-bond acceptors (Lipinski definition) is 8. The van der Waals surface area contributed by atoms with E-state index in [1.165, 1.54) is 30.3 Å². The van der Waals surface area contributed by atoms with Crippen molar-refractivity contribution in [2.75, 3.05) is 13.2 Å². The number of amides is 1. The molecule has 0 aliphatic rings. The number of aryl methyl sites for hydroxylation is 1. The van der Waals surface area contributed by atoms with Gasteiger partial charge in [-0.25, -0.2) is 14.4 Å². The van der Waals surface area contributed by atoms with Gasteiger partial charge in [-0.3, -0.25) is 4.79 Å². The molecule has 0 saturated carbocycles. The largest absolute Gasteiger partial charge is 0.491 e. The van der Waals surface area contributed by atoms with E-state index in [1.54, 1.807) is 6.92 Å². The SMILES string of the molecule is CCCc1cc([C@@](O)(CNC(=O)c2ccc3nc(CN=O)sc3c2)C(F)(F)F)nc(-c2ccc(F)cc2)c1OCC. The smallest absolute Gasteiger partial charge is 0.424 e. The molecule has 0 saturated heterocycles.